The number of aliphatic carboxylic acids is 1. The fraction of sp³-hybridized carbons (Fsp3) is 0.304. The largest absolute Gasteiger partial charge is 0.480 e. The third-order valence-electron chi connectivity index (χ3n) is 5.87. The minimum atomic E-state index is -4.09. The van der Waals surface area contributed by atoms with E-state index in [1.54, 1.807) is 36.7 Å². The zero-order valence-electron chi connectivity index (χ0n) is 18.7. The number of sulfone groups is 1. The number of nitrogens with zero attached hydrogens (tertiary/aromatic N) is 1. The van der Waals surface area contributed by atoms with Crippen LogP contribution in [0.2, 0.25) is 10.0 Å². The standard InChI is InChI=1S/C23H24Cl2N2O5S/c1-12-10-17-16(20(25)19(12)24)11-18(27(17)5)21(28)26-13(2)14-6-8-15(9-7-14)33(31,32)23(3,4)22(29)30/h6-11,13H,1-5H3,(H,26,28)(H,29,30). The SMILES string of the molecule is Cc1cc2c(cc(C(=O)NC(C)c3ccc(S(=O)(=O)C(C)(C)C(=O)O)cc3)n2C)c(Cl)c1Cl. The molecule has 0 bridgehead atoms. The topological polar surface area (TPSA) is 105 Å². The van der Waals surface area contributed by atoms with Crippen LogP contribution in [0.25, 0.3) is 10.9 Å². The number of carbonyl (C=O) groups excluding carboxylic acids is 1. The van der Waals surface area contributed by atoms with Gasteiger partial charge in [-0.05, 0) is 63.1 Å². The fourth-order valence-corrected chi connectivity index (χ4v) is 5.22. The van der Waals surface area contributed by atoms with E-state index in [0.717, 1.165) is 24.9 Å². The van der Waals surface area contributed by atoms with Gasteiger partial charge in [0.05, 0.1) is 26.5 Å². The zero-order valence-corrected chi connectivity index (χ0v) is 21.1. The Morgan fingerprint density at radius 2 is 1.67 bits per heavy atom. The molecule has 1 atom stereocenters. The number of hydrogen-bond acceptors (Lipinski definition) is 4. The van der Waals surface area contributed by atoms with Gasteiger partial charge in [0.2, 0.25) is 0 Å². The van der Waals surface area contributed by atoms with Gasteiger partial charge >= 0.3 is 5.97 Å². The molecule has 7 nitrogen and oxygen atoms in total. The molecular formula is C23H24Cl2N2O5S. The fourth-order valence-electron chi connectivity index (χ4n) is 3.45. The van der Waals surface area contributed by atoms with Crippen LogP contribution in [-0.4, -0.2) is 34.7 Å². The number of aromatic nitrogens is 1. The molecule has 176 valence electrons. The van der Waals surface area contributed by atoms with E-state index in [-0.39, 0.29) is 10.8 Å². The van der Waals surface area contributed by atoms with Gasteiger partial charge < -0.3 is 15.0 Å². The Morgan fingerprint density at radius 3 is 2.21 bits per heavy atom. The number of aryl methyl sites for hydroxylation is 2. The number of hydrogen-bond donors (Lipinski definition) is 2. The van der Waals surface area contributed by atoms with Crippen LogP contribution in [0.1, 0.15) is 48.4 Å². The van der Waals surface area contributed by atoms with Crippen molar-refractivity contribution in [2.45, 2.75) is 43.4 Å². The highest BCUT2D eigenvalue weighted by Gasteiger charge is 2.43. The van der Waals surface area contributed by atoms with Crippen LogP contribution in [0.15, 0.2) is 41.3 Å². The number of fused-ring (bicyclic) bond motifs is 1. The van der Waals surface area contributed by atoms with Crippen molar-refractivity contribution in [1.82, 2.24) is 9.88 Å². The summed E-state index contributed by atoms with van der Waals surface area (Å²) in [5.74, 6) is -1.77. The molecule has 2 N–H and O–H groups in total. The van der Waals surface area contributed by atoms with Crippen molar-refractivity contribution in [3.05, 3.63) is 63.3 Å². The van der Waals surface area contributed by atoms with Gasteiger partial charge in [0.15, 0.2) is 14.6 Å². The molecule has 0 aliphatic rings. The predicted octanol–water partition coefficient (Wildman–Crippen LogP) is 4.92. The van der Waals surface area contributed by atoms with Gasteiger partial charge in [0.1, 0.15) is 5.69 Å². The second kappa shape index (κ2) is 8.66. The van der Waals surface area contributed by atoms with Crippen molar-refractivity contribution in [3.63, 3.8) is 0 Å². The summed E-state index contributed by atoms with van der Waals surface area (Å²) < 4.78 is 25.1. The van der Waals surface area contributed by atoms with E-state index in [9.17, 15) is 23.1 Å². The zero-order chi connectivity index (χ0) is 24.9. The maximum atomic E-state index is 13.0. The van der Waals surface area contributed by atoms with Crippen molar-refractivity contribution in [3.8, 4) is 0 Å². The molecule has 3 rings (SSSR count). The Balaban J connectivity index is 1.86. The van der Waals surface area contributed by atoms with Gasteiger partial charge in [0, 0.05) is 12.4 Å². The summed E-state index contributed by atoms with van der Waals surface area (Å²) in [6.07, 6.45) is 0. The number of nitrogens with one attached hydrogen (secondary N) is 1. The number of rotatable bonds is 6. The van der Waals surface area contributed by atoms with Crippen LogP contribution in [0, 0.1) is 6.92 Å². The Hall–Kier alpha value is -2.55. The molecule has 10 heteroatoms. The average Bonchev–Trinajstić information content (AvgIpc) is 3.08. The summed E-state index contributed by atoms with van der Waals surface area (Å²) in [6.45, 7) is 5.89. The molecule has 1 amide bonds. The number of carboxylic acids is 1. The van der Waals surface area contributed by atoms with Crippen molar-refractivity contribution >= 4 is 55.8 Å². The van der Waals surface area contributed by atoms with Crippen molar-refractivity contribution in [2.75, 3.05) is 0 Å². The van der Waals surface area contributed by atoms with E-state index < -0.39 is 26.6 Å². The van der Waals surface area contributed by atoms with Crippen molar-refractivity contribution in [2.24, 2.45) is 7.05 Å². The summed E-state index contributed by atoms with van der Waals surface area (Å²) in [5.41, 5.74) is 2.63. The Kier molecular flexibility index (Phi) is 6.59. The Morgan fingerprint density at radius 1 is 1.09 bits per heavy atom. The lowest BCUT2D eigenvalue weighted by Gasteiger charge is -2.20. The van der Waals surface area contributed by atoms with Crippen molar-refractivity contribution < 1.29 is 23.1 Å². The van der Waals surface area contributed by atoms with Gasteiger partial charge in [-0.1, -0.05) is 35.3 Å². The summed E-state index contributed by atoms with van der Waals surface area (Å²) in [6, 6.07) is 8.89. The maximum Gasteiger partial charge on any atom is 0.324 e. The van der Waals surface area contributed by atoms with E-state index in [4.69, 9.17) is 23.2 Å². The van der Waals surface area contributed by atoms with E-state index >= 15 is 0 Å². The third-order valence-corrected chi connectivity index (χ3v) is 9.25. The minimum Gasteiger partial charge on any atom is -0.480 e. The number of amides is 1. The molecule has 1 unspecified atom stereocenters. The molecule has 0 radical (unpaired) electrons. The van der Waals surface area contributed by atoms with Crippen LogP contribution in [0.4, 0.5) is 0 Å². The van der Waals surface area contributed by atoms with Gasteiger partial charge in [-0.2, -0.15) is 0 Å². The highest BCUT2D eigenvalue weighted by atomic mass is 35.5. The lowest BCUT2D eigenvalue weighted by atomic mass is 10.1. The first-order valence-electron chi connectivity index (χ1n) is 10.0. The molecule has 33 heavy (non-hydrogen) atoms. The molecule has 1 heterocycles. The highest BCUT2D eigenvalue weighted by molar-refractivity contribution is 7.93. The van der Waals surface area contributed by atoms with Crippen LogP contribution >= 0.6 is 23.2 Å². The molecule has 0 saturated heterocycles. The van der Waals surface area contributed by atoms with Crippen LogP contribution in [-0.2, 0) is 21.7 Å². The molecule has 0 aliphatic carbocycles. The number of carboxylic acid groups (broad SMARTS) is 1. The molecule has 0 saturated carbocycles. The molecule has 1 aromatic heterocycles. The van der Waals surface area contributed by atoms with Crippen LogP contribution in [0.3, 0.4) is 0 Å². The molecule has 3 aromatic rings. The van der Waals surface area contributed by atoms with Gasteiger partial charge in [-0.15, -0.1) is 0 Å². The first kappa shape index (κ1) is 25.1. The molecule has 0 fully saturated rings. The first-order chi connectivity index (χ1) is 15.2. The van der Waals surface area contributed by atoms with Gasteiger partial charge in [-0.25, -0.2) is 8.42 Å². The summed E-state index contributed by atoms with van der Waals surface area (Å²) in [7, 11) is -2.33. The second-order valence-corrected chi connectivity index (χ2v) is 11.7. The minimum absolute atomic E-state index is 0.104. The third kappa shape index (κ3) is 4.23. The Labute approximate surface area is 202 Å². The average molecular weight is 511 g/mol. The smallest absolute Gasteiger partial charge is 0.324 e. The number of halogens is 2. The lowest BCUT2D eigenvalue weighted by molar-refractivity contribution is -0.139. The predicted molar refractivity (Wildman–Crippen MR) is 129 cm³/mol. The van der Waals surface area contributed by atoms with Crippen molar-refractivity contribution in [1.29, 1.82) is 0 Å². The molecular weight excluding hydrogens is 487 g/mol. The maximum absolute atomic E-state index is 13.0. The van der Waals surface area contributed by atoms with E-state index in [2.05, 4.69) is 5.32 Å². The monoisotopic (exact) mass is 510 g/mol. The molecule has 0 aliphatic heterocycles. The van der Waals surface area contributed by atoms with Crippen LogP contribution < -0.4 is 5.32 Å². The van der Waals surface area contributed by atoms with Gasteiger partial charge in [0.25, 0.3) is 5.91 Å². The lowest BCUT2D eigenvalue weighted by Crippen LogP contribution is -2.40. The number of carbonyl (C=O) groups is 2. The van der Waals surface area contributed by atoms with E-state index in [1.165, 1.54) is 12.1 Å². The molecule has 0 spiro atoms. The molecule has 2 aromatic carbocycles. The van der Waals surface area contributed by atoms with E-state index in [0.29, 0.717) is 26.7 Å². The summed E-state index contributed by atoms with van der Waals surface area (Å²) >= 11 is 12.6. The second-order valence-electron chi connectivity index (χ2n) is 8.43. The Bertz CT molecular complexity index is 1380. The summed E-state index contributed by atoms with van der Waals surface area (Å²) in [5, 5.41) is 13.7. The first-order valence-corrected chi connectivity index (χ1v) is 12.3. The van der Waals surface area contributed by atoms with Crippen LogP contribution in [0.5, 0.6) is 0 Å². The van der Waals surface area contributed by atoms with E-state index in [1.807, 2.05) is 13.0 Å². The van der Waals surface area contributed by atoms with Gasteiger partial charge in [-0.3, -0.25) is 9.59 Å². The highest BCUT2D eigenvalue weighted by Crippen LogP contribution is 2.35. The normalized spacial score (nSPS) is 13.2. The quantitative estimate of drug-likeness (QED) is 0.489. The number of benzene rings is 2. The summed E-state index contributed by atoms with van der Waals surface area (Å²) in [4.78, 5) is 24.2.